The predicted molar refractivity (Wildman–Crippen MR) is 58.3 cm³/mol. The second-order valence-corrected chi connectivity index (χ2v) is 3.56. The lowest BCUT2D eigenvalue weighted by Gasteiger charge is -2.08. The maximum absolute atomic E-state index is 10.4. The molecule has 1 aromatic rings. The molecule has 0 bridgehead atoms. The number of carboxylic acids is 1. The first-order valence-electron chi connectivity index (χ1n) is 4.99. The fraction of sp³-hybridized carbons (Fsp3) is 0.417. The zero-order valence-corrected chi connectivity index (χ0v) is 9.12. The van der Waals surface area contributed by atoms with Crippen LogP contribution in [0.1, 0.15) is 24.0 Å². The van der Waals surface area contributed by atoms with Gasteiger partial charge >= 0.3 is 5.97 Å². The van der Waals surface area contributed by atoms with Gasteiger partial charge in [-0.05, 0) is 31.4 Å². The van der Waals surface area contributed by atoms with Gasteiger partial charge in [-0.25, -0.2) is 0 Å². The van der Waals surface area contributed by atoms with E-state index >= 15 is 0 Å². The lowest BCUT2D eigenvalue weighted by atomic mass is 10.0. The minimum atomic E-state index is -0.749. The molecule has 0 saturated heterocycles. The Labute approximate surface area is 89.7 Å². The zero-order valence-electron chi connectivity index (χ0n) is 9.12. The summed E-state index contributed by atoms with van der Waals surface area (Å²) < 4.78 is 5.21. The second-order valence-electron chi connectivity index (χ2n) is 3.56. The summed E-state index contributed by atoms with van der Waals surface area (Å²) in [6.45, 7) is 2.01. The van der Waals surface area contributed by atoms with Crippen molar-refractivity contribution in [3.05, 3.63) is 29.3 Å². The van der Waals surface area contributed by atoms with Gasteiger partial charge in [0.2, 0.25) is 0 Å². The van der Waals surface area contributed by atoms with E-state index < -0.39 is 5.97 Å². The molecular formula is C12H16O3. The Morgan fingerprint density at radius 1 is 1.47 bits per heavy atom. The Morgan fingerprint density at radius 2 is 2.20 bits per heavy atom. The molecule has 3 nitrogen and oxygen atoms in total. The third-order valence-corrected chi connectivity index (χ3v) is 2.27. The van der Waals surface area contributed by atoms with Crippen molar-refractivity contribution < 1.29 is 14.6 Å². The average Bonchev–Trinajstić information content (AvgIpc) is 2.17. The van der Waals surface area contributed by atoms with E-state index in [-0.39, 0.29) is 6.42 Å². The zero-order chi connectivity index (χ0) is 11.3. The largest absolute Gasteiger partial charge is 0.496 e. The Bertz CT molecular complexity index is 345. The molecule has 0 saturated carbocycles. The lowest BCUT2D eigenvalue weighted by Crippen LogP contribution is -1.98. The SMILES string of the molecule is COc1ccc(C)cc1CCCC(=O)O. The summed E-state index contributed by atoms with van der Waals surface area (Å²) in [5, 5.41) is 8.54. The molecule has 15 heavy (non-hydrogen) atoms. The number of aryl methyl sites for hydroxylation is 2. The van der Waals surface area contributed by atoms with Crippen LogP contribution in [0.4, 0.5) is 0 Å². The van der Waals surface area contributed by atoms with E-state index in [0.29, 0.717) is 6.42 Å². The van der Waals surface area contributed by atoms with Gasteiger partial charge < -0.3 is 9.84 Å². The number of hydrogen-bond acceptors (Lipinski definition) is 2. The number of benzene rings is 1. The molecule has 1 rings (SSSR count). The Morgan fingerprint density at radius 3 is 2.80 bits per heavy atom. The van der Waals surface area contributed by atoms with Crippen LogP contribution in [0, 0.1) is 6.92 Å². The quantitative estimate of drug-likeness (QED) is 0.808. The fourth-order valence-electron chi connectivity index (χ4n) is 1.53. The molecule has 0 atom stereocenters. The highest BCUT2D eigenvalue weighted by atomic mass is 16.5. The third-order valence-electron chi connectivity index (χ3n) is 2.27. The standard InChI is InChI=1S/C12H16O3/c1-9-6-7-11(15-2)10(8-9)4-3-5-12(13)14/h6-8H,3-5H2,1-2H3,(H,13,14). The van der Waals surface area contributed by atoms with Gasteiger partial charge in [0.05, 0.1) is 7.11 Å². The maximum Gasteiger partial charge on any atom is 0.303 e. The van der Waals surface area contributed by atoms with E-state index in [9.17, 15) is 4.79 Å². The Kier molecular flexibility index (Phi) is 4.16. The van der Waals surface area contributed by atoms with Crippen molar-refractivity contribution in [2.45, 2.75) is 26.2 Å². The van der Waals surface area contributed by atoms with Crippen LogP contribution >= 0.6 is 0 Å². The van der Waals surface area contributed by atoms with Gasteiger partial charge in [-0.1, -0.05) is 17.7 Å². The van der Waals surface area contributed by atoms with Crippen molar-refractivity contribution >= 4 is 5.97 Å². The molecule has 0 aliphatic heterocycles. The monoisotopic (exact) mass is 208 g/mol. The number of hydrogen-bond donors (Lipinski definition) is 1. The highest BCUT2D eigenvalue weighted by Gasteiger charge is 2.04. The fourth-order valence-corrected chi connectivity index (χ4v) is 1.53. The van der Waals surface area contributed by atoms with Gasteiger partial charge in [0.15, 0.2) is 0 Å². The van der Waals surface area contributed by atoms with E-state index in [1.165, 1.54) is 5.56 Å². The van der Waals surface area contributed by atoms with E-state index in [4.69, 9.17) is 9.84 Å². The van der Waals surface area contributed by atoms with E-state index in [0.717, 1.165) is 17.7 Å². The number of rotatable bonds is 5. The number of carbonyl (C=O) groups is 1. The van der Waals surface area contributed by atoms with Crippen molar-refractivity contribution in [3.63, 3.8) is 0 Å². The maximum atomic E-state index is 10.4. The summed E-state index contributed by atoms with van der Waals surface area (Å²) in [6.07, 6.45) is 1.60. The molecule has 3 heteroatoms. The first-order valence-corrected chi connectivity index (χ1v) is 4.99. The van der Waals surface area contributed by atoms with Crippen LogP contribution in [0.3, 0.4) is 0 Å². The summed E-state index contributed by atoms with van der Waals surface area (Å²) in [7, 11) is 1.63. The van der Waals surface area contributed by atoms with Gasteiger partial charge in [-0.2, -0.15) is 0 Å². The van der Waals surface area contributed by atoms with E-state index in [2.05, 4.69) is 0 Å². The van der Waals surface area contributed by atoms with Gasteiger partial charge in [-0.3, -0.25) is 4.79 Å². The van der Waals surface area contributed by atoms with Crippen LogP contribution in [0.5, 0.6) is 5.75 Å². The molecule has 82 valence electrons. The van der Waals surface area contributed by atoms with Crippen molar-refractivity contribution in [3.8, 4) is 5.75 Å². The topological polar surface area (TPSA) is 46.5 Å². The molecule has 0 aromatic heterocycles. The number of aliphatic carboxylic acids is 1. The van der Waals surface area contributed by atoms with Crippen LogP contribution in [-0.2, 0) is 11.2 Å². The molecule has 0 radical (unpaired) electrons. The van der Waals surface area contributed by atoms with Gasteiger partial charge in [-0.15, -0.1) is 0 Å². The molecule has 0 spiro atoms. The number of carboxylic acid groups (broad SMARTS) is 1. The predicted octanol–water partition coefficient (Wildman–Crippen LogP) is 2.41. The van der Waals surface area contributed by atoms with Crippen LogP contribution in [0.25, 0.3) is 0 Å². The minimum absolute atomic E-state index is 0.205. The van der Waals surface area contributed by atoms with E-state index in [1.54, 1.807) is 7.11 Å². The number of ether oxygens (including phenoxy) is 1. The number of methoxy groups -OCH3 is 1. The Balaban J connectivity index is 2.65. The van der Waals surface area contributed by atoms with Crippen LogP contribution in [0.15, 0.2) is 18.2 Å². The Hall–Kier alpha value is -1.51. The molecule has 0 aliphatic carbocycles. The smallest absolute Gasteiger partial charge is 0.303 e. The van der Waals surface area contributed by atoms with Crippen LogP contribution < -0.4 is 4.74 Å². The van der Waals surface area contributed by atoms with Crippen molar-refractivity contribution in [1.82, 2.24) is 0 Å². The van der Waals surface area contributed by atoms with Crippen LogP contribution in [0.2, 0.25) is 0 Å². The molecular weight excluding hydrogens is 192 g/mol. The summed E-state index contributed by atoms with van der Waals surface area (Å²) >= 11 is 0. The van der Waals surface area contributed by atoms with E-state index in [1.807, 2.05) is 25.1 Å². The molecule has 0 amide bonds. The second kappa shape index (κ2) is 5.39. The molecule has 0 heterocycles. The van der Waals surface area contributed by atoms with Gasteiger partial charge in [0.25, 0.3) is 0 Å². The normalized spacial score (nSPS) is 10.0. The molecule has 0 unspecified atom stereocenters. The summed E-state index contributed by atoms with van der Waals surface area (Å²) in [4.78, 5) is 10.4. The summed E-state index contributed by atoms with van der Waals surface area (Å²) in [5.41, 5.74) is 2.25. The first-order chi connectivity index (χ1) is 7.13. The highest BCUT2D eigenvalue weighted by Crippen LogP contribution is 2.21. The molecule has 1 aromatic carbocycles. The summed E-state index contributed by atoms with van der Waals surface area (Å²) in [5.74, 6) is 0.0904. The summed E-state index contributed by atoms with van der Waals surface area (Å²) in [6, 6.07) is 5.95. The van der Waals surface area contributed by atoms with Gasteiger partial charge in [0.1, 0.15) is 5.75 Å². The first kappa shape index (κ1) is 11.6. The molecule has 0 aliphatic rings. The molecule has 0 fully saturated rings. The van der Waals surface area contributed by atoms with Crippen LogP contribution in [-0.4, -0.2) is 18.2 Å². The third kappa shape index (κ3) is 3.62. The lowest BCUT2D eigenvalue weighted by molar-refractivity contribution is -0.137. The van der Waals surface area contributed by atoms with Crippen molar-refractivity contribution in [2.24, 2.45) is 0 Å². The average molecular weight is 208 g/mol. The van der Waals surface area contributed by atoms with Crippen molar-refractivity contribution in [2.75, 3.05) is 7.11 Å². The highest BCUT2D eigenvalue weighted by molar-refractivity contribution is 5.66. The minimum Gasteiger partial charge on any atom is -0.496 e. The molecule has 1 N–H and O–H groups in total. The van der Waals surface area contributed by atoms with Gasteiger partial charge in [0, 0.05) is 6.42 Å². The van der Waals surface area contributed by atoms with Crippen molar-refractivity contribution in [1.29, 1.82) is 0 Å².